The Morgan fingerprint density at radius 2 is 2.11 bits per heavy atom. The Hall–Kier alpha value is -0.600. The van der Waals surface area contributed by atoms with Gasteiger partial charge in [-0.25, -0.2) is 0 Å². The summed E-state index contributed by atoms with van der Waals surface area (Å²) >= 11 is 0. The van der Waals surface area contributed by atoms with E-state index in [2.05, 4.69) is 33.1 Å². The molecule has 3 nitrogen and oxygen atoms in total. The monoisotopic (exact) mass is 251 g/mol. The van der Waals surface area contributed by atoms with Crippen LogP contribution in [-0.2, 0) is 0 Å². The fourth-order valence-electron chi connectivity index (χ4n) is 4.04. The molecule has 0 aromatic carbocycles. The average molecular weight is 251 g/mol. The number of hydrogen-bond donors (Lipinski definition) is 3. The molecule has 2 aliphatic rings. The number of aliphatic hydroxyl groups excluding tert-OH is 2. The second-order valence-corrected chi connectivity index (χ2v) is 6.67. The van der Waals surface area contributed by atoms with Crippen molar-refractivity contribution in [3.05, 3.63) is 18.4 Å². The minimum absolute atomic E-state index is 0.131. The van der Waals surface area contributed by atoms with Gasteiger partial charge >= 0.3 is 0 Å². The zero-order valence-electron chi connectivity index (χ0n) is 11.5. The number of aliphatic hydroxyl groups is 2. The maximum Gasteiger partial charge on any atom is 0.0788 e. The summed E-state index contributed by atoms with van der Waals surface area (Å²) in [7, 11) is 0. The molecule has 0 bridgehead atoms. The molecular weight excluding hydrogens is 226 g/mol. The van der Waals surface area contributed by atoms with Gasteiger partial charge in [-0.15, -0.1) is 5.73 Å². The first kappa shape index (κ1) is 13.8. The Labute approximate surface area is 109 Å². The van der Waals surface area contributed by atoms with Gasteiger partial charge in [-0.3, -0.25) is 0 Å². The highest BCUT2D eigenvalue weighted by molar-refractivity contribution is 5.15. The van der Waals surface area contributed by atoms with E-state index in [1.165, 1.54) is 0 Å². The Balaban J connectivity index is 2.21. The molecule has 2 saturated carbocycles. The van der Waals surface area contributed by atoms with E-state index >= 15 is 0 Å². The lowest BCUT2D eigenvalue weighted by Crippen LogP contribution is -2.48. The molecule has 7 atom stereocenters. The van der Waals surface area contributed by atoms with Crippen molar-refractivity contribution in [1.82, 2.24) is 0 Å². The third-order valence-electron chi connectivity index (χ3n) is 5.26. The fraction of sp³-hybridized carbons (Fsp3) is 0.800. The van der Waals surface area contributed by atoms with Crippen LogP contribution in [0.15, 0.2) is 18.4 Å². The summed E-state index contributed by atoms with van der Waals surface area (Å²) in [4.78, 5) is 0. The van der Waals surface area contributed by atoms with Gasteiger partial charge < -0.3 is 15.9 Å². The first-order chi connectivity index (χ1) is 8.32. The van der Waals surface area contributed by atoms with Gasteiger partial charge in [0, 0.05) is 5.92 Å². The first-order valence-electron chi connectivity index (χ1n) is 6.80. The fourth-order valence-corrected chi connectivity index (χ4v) is 4.04. The van der Waals surface area contributed by atoms with Crippen molar-refractivity contribution >= 4 is 0 Å². The third kappa shape index (κ3) is 1.96. The van der Waals surface area contributed by atoms with E-state index in [0.717, 1.165) is 6.42 Å². The van der Waals surface area contributed by atoms with Crippen LogP contribution in [-0.4, -0.2) is 28.5 Å². The van der Waals surface area contributed by atoms with Gasteiger partial charge in [0.1, 0.15) is 0 Å². The van der Waals surface area contributed by atoms with Crippen LogP contribution in [0.4, 0.5) is 0 Å². The molecule has 0 spiro atoms. The van der Waals surface area contributed by atoms with Gasteiger partial charge in [-0.1, -0.05) is 27.4 Å². The van der Waals surface area contributed by atoms with E-state index in [1.807, 2.05) is 0 Å². The summed E-state index contributed by atoms with van der Waals surface area (Å²) in [6, 6.07) is -0.496. The molecule has 7 unspecified atom stereocenters. The van der Waals surface area contributed by atoms with Crippen molar-refractivity contribution in [3.8, 4) is 0 Å². The molecule has 18 heavy (non-hydrogen) atoms. The Morgan fingerprint density at radius 1 is 1.50 bits per heavy atom. The van der Waals surface area contributed by atoms with Gasteiger partial charge in [-0.2, -0.15) is 0 Å². The molecule has 0 amide bonds. The van der Waals surface area contributed by atoms with Crippen LogP contribution in [0.2, 0.25) is 0 Å². The zero-order valence-corrected chi connectivity index (χ0v) is 11.5. The first-order valence-corrected chi connectivity index (χ1v) is 6.80. The maximum absolute atomic E-state index is 10.4. The van der Waals surface area contributed by atoms with Gasteiger partial charge in [0.15, 0.2) is 0 Å². The van der Waals surface area contributed by atoms with Crippen LogP contribution in [0.5, 0.6) is 0 Å². The second-order valence-electron chi connectivity index (χ2n) is 6.67. The molecule has 0 aliphatic heterocycles. The van der Waals surface area contributed by atoms with E-state index in [1.54, 1.807) is 6.08 Å². The van der Waals surface area contributed by atoms with Crippen molar-refractivity contribution in [3.63, 3.8) is 0 Å². The highest BCUT2D eigenvalue weighted by Gasteiger charge is 2.66. The minimum atomic E-state index is -0.716. The van der Waals surface area contributed by atoms with Crippen LogP contribution in [0.3, 0.4) is 0 Å². The van der Waals surface area contributed by atoms with E-state index in [4.69, 9.17) is 5.73 Å². The summed E-state index contributed by atoms with van der Waals surface area (Å²) < 4.78 is 0. The van der Waals surface area contributed by atoms with Gasteiger partial charge in [-0.05, 0) is 35.7 Å². The number of hydrogen-bond acceptors (Lipinski definition) is 3. The van der Waals surface area contributed by atoms with Crippen LogP contribution < -0.4 is 5.73 Å². The lowest BCUT2D eigenvalue weighted by molar-refractivity contribution is -0.0516. The predicted molar refractivity (Wildman–Crippen MR) is 71.7 cm³/mol. The molecule has 0 heterocycles. The summed E-state index contributed by atoms with van der Waals surface area (Å²) in [5, 5.41) is 20.8. The normalized spacial score (nSPS) is 44.4. The third-order valence-corrected chi connectivity index (χ3v) is 5.26. The predicted octanol–water partition coefficient (Wildman–Crippen LogP) is 1.30. The van der Waals surface area contributed by atoms with Crippen LogP contribution in [0, 0.1) is 29.1 Å². The van der Waals surface area contributed by atoms with Crippen LogP contribution in [0.1, 0.15) is 27.2 Å². The lowest BCUT2D eigenvalue weighted by atomic mass is 9.75. The zero-order chi connectivity index (χ0) is 13.7. The molecule has 3 heteroatoms. The second kappa shape index (κ2) is 4.50. The summed E-state index contributed by atoms with van der Waals surface area (Å²) in [6.45, 7) is 9.99. The highest BCUT2D eigenvalue weighted by Crippen LogP contribution is 2.68. The Morgan fingerprint density at radius 3 is 2.67 bits per heavy atom. The highest BCUT2D eigenvalue weighted by atomic mass is 16.3. The largest absolute Gasteiger partial charge is 0.392 e. The number of fused-ring (bicyclic) bond motifs is 1. The van der Waals surface area contributed by atoms with E-state index < -0.39 is 18.2 Å². The Bertz CT molecular complexity index is 373. The van der Waals surface area contributed by atoms with Crippen molar-refractivity contribution in [2.75, 3.05) is 0 Å². The standard InChI is InChI=1S/C15H25NO2/c1-5-6-10(16)14(18)11-12-9(15(12,3)4)7-8(2)13(11)17/h6,8-14,17-18H,1,7,16H2,2-4H3. The lowest BCUT2D eigenvalue weighted by Gasteiger charge is -2.37. The molecule has 2 aliphatic carbocycles. The van der Waals surface area contributed by atoms with Crippen LogP contribution >= 0.6 is 0 Å². The van der Waals surface area contributed by atoms with Crippen molar-refractivity contribution in [2.24, 2.45) is 34.8 Å². The molecule has 2 rings (SSSR count). The topological polar surface area (TPSA) is 66.5 Å². The van der Waals surface area contributed by atoms with E-state index in [9.17, 15) is 10.2 Å². The Kier molecular flexibility index (Phi) is 3.46. The smallest absolute Gasteiger partial charge is 0.0788 e. The quantitative estimate of drug-likeness (QED) is 0.662. The van der Waals surface area contributed by atoms with Gasteiger partial charge in [0.2, 0.25) is 0 Å². The molecule has 0 saturated heterocycles. The molecule has 0 radical (unpaired) electrons. The maximum atomic E-state index is 10.4. The summed E-state index contributed by atoms with van der Waals surface area (Å²) in [6.07, 6.45) is 1.45. The number of rotatable bonds is 3. The molecule has 0 aromatic rings. The summed E-state index contributed by atoms with van der Waals surface area (Å²) in [5.74, 6) is 1.08. The van der Waals surface area contributed by atoms with Crippen molar-refractivity contribution in [1.29, 1.82) is 0 Å². The molecular formula is C15H25NO2. The van der Waals surface area contributed by atoms with Crippen molar-refractivity contribution < 1.29 is 10.2 Å². The SMILES string of the molecule is C=C=CC(N)C(O)C1C(O)C(C)CC2C1C2(C)C. The van der Waals surface area contributed by atoms with Gasteiger partial charge in [0.05, 0.1) is 18.2 Å². The molecule has 4 N–H and O–H groups in total. The minimum Gasteiger partial charge on any atom is -0.392 e. The number of nitrogens with two attached hydrogens (primary N) is 1. The van der Waals surface area contributed by atoms with E-state index in [0.29, 0.717) is 11.8 Å². The van der Waals surface area contributed by atoms with Crippen LogP contribution in [0.25, 0.3) is 0 Å². The summed E-state index contributed by atoms with van der Waals surface area (Å²) in [5.41, 5.74) is 8.75. The molecule has 2 fully saturated rings. The molecule has 102 valence electrons. The van der Waals surface area contributed by atoms with E-state index in [-0.39, 0.29) is 17.3 Å². The van der Waals surface area contributed by atoms with Gasteiger partial charge in [0.25, 0.3) is 0 Å². The molecule has 0 aromatic heterocycles. The average Bonchev–Trinajstić information content (AvgIpc) is 2.82. The van der Waals surface area contributed by atoms with Crippen molar-refractivity contribution in [2.45, 2.75) is 45.4 Å².